The highest BCUT2D eigenvalue weighted by atomic mass is 16.6. The molecule has 0 spiro atoms. The van der Waals surface area contributed by atoms with Crippen LogP contribution in [-0.2, 0) is 9.53 Å². The van der Waals surface area contributed by atoms with Crippen LogP contribution >= 0.6 is 0 Å². The highest BCUT2D eigenvalue weighted by molar-refractivity contribution is 5.98. The van der Waals surface area contributed by atoms with Gasteiger partial charge in [0, 0.05) is 6.07 Å². The normalized spacial score (nSPS) is 11.5. The first-order chi connectivity index (χ1) is 14.2. The number of nitro groups is 1. The number of hydrogen-bond donors (Lipinski definition) is 1. The fourth-order valence-corrected chi connectivity index (χ4v) is 2.43. The monoisotopic (exact) mass is 416 g/mol. The summed E-state index contributed by atoms with van der Waals surface area (Å²) in [5.74, 6) is -0.262. The van der Waals surface area contributed by atoms with Crippen molar-refractivity contribution in [1.82, 2.24) is 0 Å². The Morgan fingerprint density at radius 1 is 1.10 bits per heavy atom. The number of anilines is 1. The molecular formula is C21H24N2O7. The average molecular weight is 416 g/mol. The van der Waals surface area contributed by atoms with Crippen molar-refractivity contribution in [3.05, 3.63) is 58.1 Å². The molecule has 30 heavy (non-hydrogen) atoms. The van der Waals surface area contributed by atoms with Gasteiger partial charge in [0.15, 0.2) is 17.6 Å². The SMILES string of the molecule is COc1cc(C(=O)OC(C)C(=O)Nc2ccccc2[N+](=O)[O-])ccc1OCC(C)C. The zero-order valence-electron chi connectivity index (χ0n) is 17.2. The quantitative estimate of drug-likeness (QED) is 0.375. The minimum Gasteiger partial charge on any atom is -0.493 e. The number of hydrogen-bond acceptors (Lipinski definition) is 7. The number of rotatable bonds is 9. The summed E-state index contributed by atoms with van der Waals surface area (Å²) in [4.78, 5) is 35.2. The van der Waals surface area contributed by atoms with Gasteiger partial charge in [0.1, 0.15) is 5.69 Å². The zero-order valence-corrected chi connectivity index (χ0v) is 17.2. The van der Waals surface area contributed by atoms with Crippen LogP contribution in [0.15, 0.2) is 42.5 Å². The first-order valence-corrected chi connectivity index (χ1v) is 9.29. The van der Waals surface area contributed by atoms with Crippen LogP contribution in [0.2, 0.25) is 0 Å². The first-order valence-electron chi connectivity index (χ1n) is 9.29. The molecule has 1 amide bonds. The van der Waals surface area contributed by atoms with Gasteiger partial charge in [-0.1, -0.05) is 26.0 Å². The molecule has 0 aliphatic rings. The smallest absolute Gasteiger partial charge is 0.339 e. The number of ether oxygens (including phenoxy) is 3. The third-order valence-electron chi connectivity index (χ3n) is 3.98. The molecule has 160 valence electrons. The molecular weight excluding hydrogens is 392 g/mol. The molecule has 0 aliphatic carbocycles. The number of nitrogens with one attached hydrogen (secondary N) is 1. The van der Waals surface area contributed by atoms with E-state index in [4.69, 9.17) is 14.2 Å². The molecule has 0 saturated heterocycles. The van der Waals surface area contributed by atoms with Crippen molar-refractivity contribution < 1.29 is 28.7 Å². The molecule has 1 unspecified atom stereocenters. The van der Waals surface area contributed by atoms with E-state index >= 15 is 0 Å². The topological polar surface area (TPSA) is 117 Å². The van der Waals surface area contributed by atoms with Crippen LogP contribution in [0.3, 0.4) is 0 Å². The standard InChI is InChI=1S/C21H24N2O7/c1-13(2)12-29-18-10-9-15(11-19(18)28-4)21(25)30-14(3)20(24)22-16-7-5-6-8-17(16)23(26)27/h5-11,13-14H,12H2,1-4H3,(H,22,24). The second kappa shape index (κ2) is 10.2. The molecule has 0 heterocycles. The van der Waals surface area contributed by atoms with Crippen LogP contribution < -0.4 is 14.8 Å². The van der Waals surface area contributed by atoms with E-state index in [0.29, 0.717) is 24.0 Å². The van der Waals surface area contributed by atoms with E-state index in [1.807, 2.05) is 13.8 Å². The number of benzene rings is 2. The van der Waals surface area contributed by atoms with E-state index in [1.165, 1.54) is 44.4 Å². The third-order valence-corrected chi connectivity index (χ3v) is 3.98. The lowest BCUT2D eigenvalue weighted by molar-refractivity contribution is -0.383. The van der Waals surface area contributed by atoms with E-state index < -0.39 is 22.9 Å². The van der Waals surface area contributed by atoms with Gasteiger partial charge in [-0.2, -0.15) is 0 Å². The fraction of sp³-hybridized carbons (Fsp3) is 0.333. The Balaban J connectivity index is 2.06. The molecule has 0 saturated carbocycles. The highest BCUT2D eigenvalue weighted by Crippen LogP contribution is 2.29. The molecule has 2 aromatic rings. The second-order valence-electron chi connectivity index (χ2n) is 6.88. The highest BCUT2D eigenvalue weighted by Gasteiger charge is 2.23. The summed E-state index contributed by atoms with van der Waals surface area (Å²) in [5.41, 5.74) is -0.0658. The molecule has 9 nitrogen and oxygen atoms in total. The Morgan fingerprint density at radius 3 is 2.43 bits per heavy atom. The zero-order chi connectivity index (χ0) is 22.3. The van der Waals surface area contributed by atoms with Gasteiger partial charge in [0.05, 0.1) is 24.2 Å². The maximum Gasteiger partial charge on any atom is 0.339 e. The Morgan fingerprint density at radius 2 is 1.80 bits per heavy atom. The van der Waals surface area contributed by atoms with Crippen LogP contribution in [0.5, 0.6) is 11.5 Å². The summed E-state index contributed by atoms with van der Waals surface area (Å²) in [6.45, 7) is 5.88. The van der Waals surface area contributed by atoms with E-state index in [2.05, 4.69) is 5.32 Å². The third kappa shape index (κ3) is 5.94. The summed E-state index contributed by atoms with van der Waals surface area (Å²) in [5, 5.41) is 13.5. The maximum absolute atomic E-state index is 12.4. The molecule has 1 N–H and O–H groups in total. The van der Waals surface area contributed by atoms with Gasteiger partial charge >= 0.3 is 5.97 Å². The van der Waals surface area contributed by atoms with Gasteiger partial charge in [0.25, 0.3) is 11.6 Å². The second-order valence-corrected chi connectivity index (χ2v) is 6.88. The Hall–Kier alpha value is -3.62. The number of carbonyl (C=O) groups excluding carboxylic acids is 2. The number of methoxy groups -OCH3 is 1. The number of nitro benzene ring substituents is 1. The Bertz CT molecular complexity index is 927. The van der Waals surface area contributed by atoms with Gasteiger partial charge < -0.3 is 19.5 Å². The van der Waals surface area contributed by atoms with Gasteiger partial charge in [-0.15, -0.1) is 0 Å². The van der Waals surface area contributed by atoms with Gasteiger partial charge in [0.2, 0.25) is 0 Å². The van der Waals surface area contributed by atoms with Gasteiger partial charge in [-0.3, -0.25) is 14.9 Å². The van der Waals surface area contributed by atoms with Crippen LogP contribution in [0.1, 0.15) is 31.1 Å². The van der Waals surface area contributed by atoms with E-state index in [0.717, 1.165) is 0 Å². The molecule has 0 bridgehead atoms. The largest absolute Gasteiger partial charge is 0.493 e. The van der Waals surface area contributed by atoms with E-state index in [-0.39, 0.29) is 16.9 Å². The lowest BCUT2D eigenvalue weighted by Gasteiger charge is -2.15. The summed E-state index contributed by atoms with van der Waals surface area (Å²) >= 11 is 0. The van der Waals surface area contributed by atoms with E-state index in [1.54, 1.807) is 12.1 Å². The predicted molar refractivity (Wildman–Crippen MR) is 110 cm³/mol. The van der Waals surface area contributed by atoms with Gasteiger partial charge in [-0.05, 0) is 37.1 Å². The molecule has 9 heteroatoms. The molecule has 2 rings (SSSR count). The van der Waals surface area contributed by atoms with Crippen LogP contribution in [-0.4, -0.2) is 36.6 Å². The fourth-order valence-electron chi connectivity index (χ4n) is 2.43. The molecule has 0 radical (unpaired) electrons. The number of nitrogens with zero attached hydrogens (tertiary/aromatic N) is 1. The molecule has 0 aromatic heterocycles. The number of carbonyl (C=O) groups is 2. The average Bonchev–Trinajstić information content (AvgIpc) is 2.72. The molecule has 2 aromatic carbocycles. The van der Waals surface area contributed by atoms with Crippen molar-refractivity contribution in [3.8, 4) is 11.5 Å². The summed E-state index contributed by atoms with van der Waals surface area (Å²) in [7, 11) is 1.45. The van der Waals surface area contributed by atoms with Crippen molar-refractivity contribution in [2.75, 3.05) is 19.0 Å². The van der Waals surface area contributed by atoms with Crippen LogP contribution in [0.4, 0.5) is 11.4 Å². The summed E-state index contributed by atoms with van der Waals surface area (Å²) in [6, 6.07) is 10.3. The maximum atomic E-state index is 12.4. The van der Waals surface area contributed by atoms with Crippen LogP contribution in [0.25, 0.3) is 0 Å². The minimum absolute atomic E-state index is 0.0173. The van der Waals surface area contributed by atoms with Crippen molar-refractivity contribution in [3.63, 3.8) is 0 Å². The van der Waals surface area contributed by atoms with Crippen molar-refractivity contribution in [2.45, 2.75) is 26.9 Å². The summed E-state index contributed by atoms with van der Waals surface area (Å²) in [6.07, 6.45) is -1.18. The summed E-state index contributed by atoms with van der Waals surface area (Å²) < 4.78 is 16.1. The first kappa shape index (κ1) is 22.7. The number of esters is 1. The minimum atomic E-state index is -1.18. The lowest BCUT2D eigenvalue weighted by Crippen LogP contribution is -2.30. The van der Waals surface area contributed by atoms with Crippen molar-refractivity contribution in [2.24, 2.45) is 5.92 Å². The number of para-hydroxylation sites is 2. The Labute approximate surface area is 174 Å². The Kier molecular flexibility index (Phi) is 7.74. The molecule has 0 aliphatic heterocycles. The van der Waals surface area contributed by atoms with Crippen molar-refractivity contribution in [1.29, 1.82) is 0 Å². The number of amides is 1. The van der Waals surface area contributed by atoms with E-state index in [9.17, 15) is 19.7 Å². The molecule has 1 atom stereocenters. The predicted octanol–water partition coefficient (Wildman–Crippen LogP) is 3.82. The lowest BCUT2D eigenvalue weighted by atomic mass is 10.2. The van der Waals surface area contributed by atoms with Crippen molar-refractivity contribution >= 4 is 23.3 Å². The van der Waals surface area contributed by atoms with Gasteiger partial charge in [-0.25, -0.2) is 4.79 Å². The van der Waals surface area contributed by atoms with Crippen LogP contribution in [0, 0.1) is 16.0 Å². The molecule has 0 fully saturated rings.